The maximum Gasteiger partial charge on any atom is 0.112 e. The summed E-state index contributed by atoms with van der Waals surface area (Å²) in [5.74, 6) is 0. The molecule has 0 amide bonds. The summed E-state index contributed by atoms with van der Waals surface area (Å²) in [6.45, 7) is 4.78. The minimum atomic E-state index is 0.614. The maximum atomic E-state index is 5.51. The van der Waals surface area contributed by atoms with Crippen LogP contribution >= 0.6 is 0 Å². The maximum absolute atomic E-state index is 5.51. The lowest BCUT2D eigenvalue weighted by Gasteiger charge is -2.01. The van der Waals surface area contributed by atoms with Crippen LogP contribution in [0.2, 0.25) is 0 Å². The summed E-state index contributed by atoms with van der Waals surface area (Å²) in [5.41, 5.74) is 4.89. The highest BCUT2D eigenvalue weighted by molar-refractivity contribution is 5.48. The van der Waals surface area contributed by atoms with Crippen molar-refractivity contribution in [3.63, 3.8) is 0 Å². The van der Waals surface area contributed by atoms with Gasteiger partial charge in [0.05, 0.1) is 6.26 Å². The van der Waals surface area contributed by atoms with Gasteiger partial charge in [-0.3, -0.25) is 0 Å². The van der Waals surface area contributed by atoms with Gasteiger partial charge in [0.1, 0.15) is 6.61 Å². The second-order valence-electron chi connectivity index (χ2n) is 4.51. The van der Waals surface area contributed by atoms with E-state index in [4.69, 9.17) is 4.74 Å². The van der Waals surface area contributed by atoms with Crippen LogP contribution in [-0.4, -0.2) is 0 Å². The van der Waals surface area contributed by atoms with E-state index in [2.05, 4.69) is 62.4 Å². The van der Waals surface area contributed by atoms with Crippen LogP contribution in [0.25, 0.3) is 6.08 Å². The molecule has 0 fully saturated rings. The highest BCUT2D eigenvalue weighted by atomic mass is 16.5. The van der Waals surface area contributed by atoms with E-state index in [0.29, 0.717) is 6.61 Å². The number of rotatable bonds is 4. The molecule has 2 rings (SSSR count). The molecule has 2 aromatic carbocycles. The van der Waals surface area contributed by atoms with Crippen molar-refractivity contribution in [1.82, 2.24) is 0 Å². The van der Waals surface area contributed by atoms with Gasteiger partial charge in [-0.05, 0) is 31.1 Å². The van der Waals surface area contributed by atoms with Crippen molar-refractivity contribution in [3.8, 4) is 0 Å². The van der Waals surface area contributed by atoms with Crippen LogP contribution in [0.5, 0.6) is 0 Å². The van der Waals surface area contributed by atoms with Gasteiger partial charge < -0.3 is 4.74 Å². The van der Waals surface area contributed by atoms with E-state index in [9.17, 15) is 0 Å². The predicted molar refractivity (Wildman–Crippen MR) is 76.2 cm³/mol. The van der Waals surface area contributed by atoms with E-state index in [1.807, 2.05) is 6.08 Å². The van der Waals surface area contributed by atoms with Gasteiger partial charge >= 0.3 is 0 Å². The molecule has 0 spiro atoms. The quantitative estimate of drug-likeness (QED) is 0.713. The van der Waals surface area contributed by atoms with E-state index in [1.165, 1.54) is 16.7 Å². The van der Waals surface area contributed by atoms with Gasteiger partial charge in [0, 0.05) is 0 Å². The summed E-state index contributed by atoms with van der Waals surface area (Å²) in [4.78, 5) is 0. The molecule has 0 aliphatic heterocycles. The van der Waals surface area contributed by atoms with Gasteiger partial charge in [0.15, 0.2) is 0 Å². The minimum absolute atomic E-state index is 0.614. The van der Waals surface area contributed by atoms with Gasteiger partial charge in [-0.15, -0.1) is 0 Å². The Morgan fingerprint density at radius 1 is 0.833 bits per heavy atom. The molecule has 0 radical (unpaired) electrons. The molecule has 2 aromatic rings. The molecule has 0 atom stereocenters. The molecule has 0 unspecified atom stereocenters. The first-order valence-electron chi connectivity index (χ1n) is 6.14. The molecule has 0 saturated carbocycles. The molecule has 0 N–H and O–H groups in total. The summed E-state index contributed by atoms with van der Waals surface area (Å²) in [6, 6.07) is 16.7. The molecular formula is C17H18O. The Balaban J connectivity index is 1.84. The minimum Gasteiger partial charge on any atom is -0.496 e. The molecule has 0 bridgehead atoms. The summed E-state index contributed by atoms with van der Waals surface area (Å²) in [7, 11) is 0. The Hall–Kier alpha value is -2.02. The Morgan fingerprint density at radius 3 is 2.00 bits per heavy atom. The third-order valence-electron chi connectivity index (χ3n) is 2.80. The number of hydrogen-bond acceptors (Lipinski definition) is 1. The lowest BCUT2D eigenvalue weighted by molar-refractivity contribution is 0.239. The van der Waals surface area contributed by atoms with E-state index in [-0.39, 0.29) is 0 Å². The first-order chi connectivity index (χ1) is 8.74. The summed E-state index contributed by atoms with van der Waals surface area (Å²) in [5, 5.41) is 0. The monoisotopic (exact) mass is 238 g/mol. The first-order valence-corrected chi connectivity index (χ1v) is 6.14. The fourth-order valence-electron chi connectivity index (χ4n) is 1.63. The normalized spacial score (nSPS) is 10.8. The molecule has 0 aromatic heterocycles. The summed E-state index contributed by atoms with van der Waals surface area (Å²) in [6.07, 6.45) is 3.73. The molecule has 92 valence electrons. The molecule has 1 heteroatoms. The Morgan fingerprint density at radius 2 is 1.39 bits per heavy atom. The molecular weight excluding hydrogens is 220 g/mol. The van der Waals surface area contributed by atoms with E-state index >= 15 is 0 Å². The lowest BCUT2D eigenvalue weighted by Crippen LogP contribution is -1.86. The van der Waals surface area contributed by atoms with Crippen LogP contribution in [0.3, 0.4) is 0 Å². The zero-order chi connectivity index (χ0) is 12.8. The fourth-order valence-corrected chi connectivity index (χ4v) is 1.63. The Bertz CT molecular complexity index is 506. The molecule has 0 aliphatic rings. The molecule has 0 heterocycles. The largest absolute Gasteiger partial charge is 0.496 e. The van der Waals surface area contributed by atoms with Gasteiger partial charge in [0.25, 0.3) is 0 Å². The number of benzene rings is 2. The highest BCUT2D eigenvalue weighted by Crippen LogP contribution is 2.07. The highest BCUT2D eigenvalue weighted by Gasteiger charge is 1.91. The second kappa shape index (κ2) is 6.06. The van der Waals surface area contributed by atoms with Crippen LogP contribution in [0.1, 0.15) is 22.3 Å². The number of hydrogen-bond donors (Lipinski definition) is 0. The first kappa shape index (κ1) is 12.4. The smallest absolute Gasteiger partial charge is 0.112 e. The average Bonchev–Trinajstić information content (AvgIpc) is 2.39. The third kappa shape index (κ3) is 3.77. The van der Waals surface area contributed by atoms with Crippen molar-refractivity contribution >= 4 is 6.08 Å². The topological polar surface area (TPSA) is 9.23 Å². The van der Waals surface area contributed by atoms with Crippen LogP contribution in [0, 0.1) is 13.8 Å². The third-order valence-corrected chi connectivity index (χ3v) is 2.80. The van der Waals surface area contributed by atoms with E-state index < -0.39 is 0 Å². The standard InChI is InChI=1S/C17H18O/c1-14-3-7-16(8-4-14)11-12-18-13-17-9-5-15(2)6-10-17/h3-12H,13H2,1-2H3/b12-11+. The summed E-state index contributed by atoms with van der Waals surface area (Å²) < 4.78 is 5.51. The van der Waals surface area contributed by atoms with Gasteiger partial charge in [0.2, 0.25) is 0 Å². The van der Waals surface area contributed by atoms with E-state index in [0.717, 1.165) is 5.56 Å². The fraction of sp³-hybridized carbons (Fsp3) is 0.176. The van der Waals surface area contributed by atoms with Crippen molar-refractivity contribution in [1.29, 1.82) is 0 Å². The Kier molecular flexibility index (Phi) is 4.19. The van der Waals surface area contributed by atoms with Crippen LogP contribution in [0.4, 0.5) is 0 Å². The molecule has 18 heavy (non-hydrogen) atoms. The molecule has 0 aliphatic carbocycles. The second-order valence-corrected chi connectivity index (χ2v) is 4.51. The van der Waals surface area contributed by atoms with Crippen molar-refractivity contribution in [3.05, 3.63) is 77.0 Å². The van der Waals surface area contributed by atoms with Gasteiger partial charge in [-0.2, -0.15) is 0 Å². The zero-order valence-electron chi connectivity index (χ0n) is 10.9. The lowest BCUT2D eigenvalue weighted by atomic mass is 10.1. The van der Waals surface area contributed by atoms with Crippen molar-refractivity contribution in [2.24, 2.45) is 0 Å². The van der Waals surface area contributed by atoms with Crippen LogP contribution < -0.4 is 0 Å². The molecule has 0 saturated heterocycles. The van der Waals surface area contributed by atoms with Gasteiger partial charge in [-0.1, -0.05) is 59.7 Å². The SMILES string of the molecule is Cc1ccc(/C=C/OCc2ccc(C)cc2)cc1. The Labute approximate surface area is 109 Å². The average molecular weight is 238 g/mol. The van der Waals surface area contributed by atoms with Crippen molar-refractivity contribution in [2.75, 3.05) is 0 Å². The number of aryl methyl sites for hydroxylation is 2. The van der Waals surface area contributed by atoms with Crippen LogP contribution in [-0.2, 0) is 11.3 Å². The number of ether oxygens (including phenoxy) is 1. The van der Waals surface area contributed by atoms with Crippen LogP contribution in [0.15, 0.2) is 54.8 Å². The summed E-state index contributed by atoms with van der Waals surface area (Å²) >= 11 is 0. The predicted octanol–water partition coefficient (Wildman–Crippen LogP) is 4.49. The van der Waals surface area contributed by atoms with Crippen molar-refractivity contribution < 1.29 is 4.74 Å². The van der Waals surface area contributed by atoms with Crippen molar-refractivity contribution in [2.45, 2.75) is 20.5 Å². The van der Waals surface area contributed by atoms with Gasteiger partial charge in [-0.25, -0.2) is 0 Å². The molecule has 1 nitrogen and oxygen atoms in total. The zero-order valence-corrected chi connectivity index (χ0v) is 10.9. The van der Waals surface area contributed by atoms with E-state index in [1.54, 1.807) is 6.26 Å².